The van der Waals surface area contributed by atoms with Gasteiger partial charge in [0, 0.05) is 30.4 Å². The molecular weight excluding hydrogens is 580 g/mol. The summed E-state index contributed by atoms with van der Waals surface area (Å²) in [6.45, 7) is 6.71. The number of amidine groups is 1. The number of rotatable bonds is 12. The number of thioether (sulfide) groups is 1. The van der Waals surface area contributed by atoms with Crippen molar-refractivity contribution in [3.05, 3.63) is 65.7 Å². The Bertz CT molecular complexity index is 1450. The van der Waals surface area contributed by atoms with Gasteiger partial charge in [-0.3, -0.25) is 14.4 Å². The van der Waals surface area contributed by atoms with E-state index in [0.717, 1.165) is 4.31 Å². The topological polar surface area (TPSA) is 176 Å². The fourth-order valence-corrected chi connectivity index (χ4v) is 8.61. The lowest BCUT2D eigenvalue weighted by Gasteiger charge is -2.31. The molecule has 13 heteroatoms. The van der Waals surface area contributed by atoms with Crippen LogP contribution in [0.1, 0.15) is 51.7 Å². The van der Waals surface area contributed by atoms with Crippen molar-refractivity contribution in [1.29, 1.82) is 0 Å². The largest absolute Gasteiger partial charge is 0.480 e. The molecule has 1 fully saturated rings. The van der Waals surface area contributed by atoms with E-state index in [1.54, 1.807) is 63.2 Å². The fraction of sp³-hybridized carbons (Fsp3) is 0.414. The van der Waals surface area contributed by atoms with Crippen LogP contribution in [0.3, 0.4) is 0 Å². The Morgan fingerprint density at radius 1 is 1.05 bits per heavy atom. The van der Waals surface area contributed by atoms with Gasteiger partial charge in [0.05, 0.1) is 16.1 Å². The number of carboxylic acids is 1. The first-order valence-electron chi connectivity index (χ1n) is 13.3. The summed E-state index contributed by atoms with van der Waals surface area (Å²) in [4.78, 5) is 53.2. The van der Waals surface area contributed by atoms with Crippen molar-refractivity contribution in [3.63, 3.8) is 0 Å². The molecule has 0 aromatic heterocycles. The SMILES string of the molecule is CC(N)=NC(=O)CCC(=O)Cc1ccc(CC(NC(=O)[C@H]2N(S(=O)(=O)c3ccccc3)C(C)SC2(C)C)C(=O)O)cc1. The molecule has 1 heterocycles. The number of amides is 2. The van der Waals surface area contributed by atoms with E-state index in [0.29, 0.717) is 11.1 Å². The highest BCUT2D eigenvalue weighted by Gasteiger charge is 2.55. The molecule has 3 rings (SSSR count). The smallest absolute Gasteiger partial charge is 0.326 e. The molecule has 2 aromatic carbocycles. The van der Waals surface area contributed by atoms with Crippen LogP contribution in [0.4, 0.5) is 0 Å². The second-order valence-corrected chi connectivity index (χ2v) is 14.5. The van der Waals surface area contributed by atoms with Crippen molar-refractivity contribution in [2.75, 3.05) is 0 Å². The molecule has 0 saturated carbocycles. The number of aliphatic carboxylic acids is 1. The van der Waals surface area contributed by atoms with Crippen molar-refractivity contribution in [2.24, 2.45) is 10.7 Å². The maximum atomic E-state index is 13.6. The van der Waals surface area contributed by atoms with Crippen molar-refractivity contribution >= 4 is 51.2 Å². The van der Waals surface area contributed by atoms with Crippen molar-refractivity contribution in [2.45, 2.75) is 80.5 Å². The van der Waals surface area contributed by atoms with Gasteiger partial charge in [-0.1, -0.05) is 42.5 Å². The first kappa shape index (κ1) is 33.0. The highest BCUT2D eigenvalue weighted by molar-refractivity contribution is 8.02. The maximum absolute atomic E-state index is 13.6. The zero-order valence-corrected chi connectivity index (χ0v) is 25.6. The lowest BCUT2D eigenvalue weighted by Crippen LogP contribution is -2.57. The minimum absolute atomic E-state index is 0.0237. The maximum Gasteiger partial charge on any atom is 0.326 e. The third kappa shape index (κ3) is 8.26. The third-order valence-corrected chi connectivity index (χ3v) is 10.2. The standard InChI is InChI=1S/C29H36N4O7S2/c1-18(30)31-25(35)15-14-22(34)16-20-10-12-21(13-11-20)17-24(28(37)38)32-27(36)26-29(3,4)41-19(2)33(26)42(39,40)23-8-6-5-7-9-23/h5-13,19,24,26H,14-17H2,1-4H3,(H,32,36)(H,37,38)(H2,30,31,35)/t19?,24?,26-/m1/s1. The minimum atomic E-state index is -4.05. The van der Waals surface area contributed by atoms with Crippen molar-refractivity contribution in [1.82, 2.24) is 9.62 Å². The summed E-state index contributed by atoms with van der Waals surface area (Å²) >= 11 is 1.32. The highest BCUT2D eigenvalue weighted by Crippen LogP contribution is 2.46. The molecule has 3 atom stereocenters. The number of nitrogens with one attached hydrogen (secondary N) is 1. The number of carbonyl (C=O) groups excluding carboxylic acids is 3. The van der Waals surface area contributed by atoms with Crippen molar-refractivity contribution in [3.8, 4) is 0 Å². The Kier molecular flexibility index (Phi) is 10.7. The van der Waals surface area contributed by atoms with E-state index in [1.165, 1.54) is 30.8 Å². The predicted octanol–water partition coefficient (Wildman–Crippen LogP) is 2.52. The Labute approximate surface area is 250 Å². The van der Waals surface area contributed by atoms with Crippen LogP contribution in [0.15, 0.2) is 64.5 Å². The van der Waals surface area contributed by atoms with Gasteiger partial charge < -0.3 is 16.2 Å². The Balaban J connectivity index is 1.70. The number of carboxylic acid groups (broad SMARTS) is 1. The van der Waals surface area contributed by atoms with Crippen LogP contribution in [-0.4, -0.2) is 69.4 Å². The summed E-state index contributed by atoms with van der Waals surface area (Å²) in [7, 11) is -4.05. The number of hydrogen-bond donors (Lipinski definition) is 3. The van der Waals surface area contributed by atoms with Gasteiger partial charge in [0.1, 0.15) is 17.9 Å². The van der Waals surface area contributed by atoms with E-state index in [9.17, 15) is 32.7 Å². The number of nitrogens with two attached hydrogens (primary N) is 1. The summed E-state index contributed by atoms with van der Waals surface area (Å²) in [5.41, 5.74) is 6.66. The summed E-state index contributed by atoms with van der Waals surface area (Å²) in [5, 5.41) is 11.9. The molecule has 0 radical (unpaired) electrons. The molecule has 4 N–H and O–H groups in total. The second-order valence-electron chi connectivity index (χ2n) is 10.7. The molecule has 1 aliphatic rings. The normalized spacial score (nSPS) is 19.7. The number of hydrogen-bond acceptors (Lipinski definition) is 7. The van der Waals surface area contributed by atoms with Gasteiger partial charge in [0.25, 0.3) is 0 Å². The molecule has 2 unspecified atom stereocenters. The summed E-state index contributed by atoms with van der Waals surface area (Å²) in [5.74, 6) is -2.45. The molecule has 11 nitrogen and oxygen atoms in total. The summed E-state index contributed by atoms with van der Waals surface area (Å²) in [6, 6.07) is 12.1. The lowest BCUT2D eigenvalue weighted by atomic mass is 9.99. The number of benzene rings is 2. The predicted molar refractivity (Wildman–Crippen MR) is 160 cm³/mol. The number of Topliss-reactive ketones (excluding diaryl/α,β-unsaturated/α-hetero) is 1. The van der Waals surface area contributed by atoms with Crippen LogP contribution in [0.25, 0.3) is 0 Å². The zero-order valence-electron chi connectivity index (χ0n) is 23.9. The van der Waals surface area contributed by atoms with E-state index >= 15 is 0 Å². The number of sulfonamides is 1. The van der Waals surface area contributed by atoms with Crippen LogP contribution in [0.5, 0.6) is 0 Å². The van der Waals surface area contributed by atoms with Crippen molar-refractivity contribution < 1.29 is 32.7 Å². The molecule has 0 spiro atoms. The first-order chi connectivity index (χ1) is 19.6. The van der Waals surface area contributed by atoms with Gasteiger partial charge in [-0.05, 0) is 51.0 Å². The van der Waals surface area contributed by atoms with Crippen LogP contribution >= 0.6 is 11.8 Å². The molecular formula is C29H36N4O7S2. The quantitative estimate of drug-likeness (QED) is 0.239. The number of aliphatic imine (C=N–C) groups is 1. The van der Waals surface area contributed by atoms with Crippen LogP contribution < -0.4 is 11.1 Å². The van der Waals surface area contributed by atoms with Gasteiger partial charge in [0.2, 0.25) is 21.8 Å². The van der Waals surface area contributed by atoms with Gasteiger partial charge in [-0.25, -0.2) is 18.2 Å². The molecule has 42 heavy (non-hydrogen) atoms. The van der Waals surface area contributed by atoms with Gasteiger partial charge in [-0.15, -0.1) is 11.8 Å². The first-order valence-corrected chi connectivity index (χ1v) is 15.7. The summed E-state index contributed by atoms with van der Waals surface area (Å²) in [6.07, 6.45) is 0.0262. The van der Waals surface area contributed by atoms with Crippen LogP contribution in [-0.2, 0) is 42.0 Å². The molecule has 2 amide bonds. The second kappa shape index (κ2) is 13.6. The number of nitrogens with zero attached hydrogens (tertiary/aromatic N) is 2. The van der Waals surface area contributed by atoms with E-state index in [4.69, 9.17) is 5.73 Å². The number of ketones is 1. The lowest BCUT2D eigenvalue weighted by molar-refractivity contribution is -0.142. The summed E-state index contributed by atoms with van der Waals surface area (Å²) < 4.78 is 27.4. The van der Waals surface area contributed by atoms with Crippen LogP contribution in [0.2, 0.25) is 0 Å². The highest BCUT2D eigenvalue weighted by atomic mass is 32.2. The van der Waals surface area contributed by atoms with Gasteiger partial charge in [-0.2, -0.15) is 4.31 Å². The zero-order chi connectivity index (χ0) is 31.2. The van der Waals surface area contributed by atoms with E-state index < -0.39 is 50.0 Å². The van der Waals surface area contributed by atoms with E-state index in [2.05, 4.69) is 10.3 Å². The average Bonchev–Trinajstić information content (AvgIpc) is 3.16. The minimum Gasteiger partial charge on any atom is -0.480 e. The van der Waals surface area contributed by atoms with Gasteiger partial charge in [0.15, 0.2) is 0 Å². The fourth-order valence-electron chi connectivity index (χ4n) is 4.85. The Morgan fingerprint density at radius 3 is 2.21 bits per heavy atom. The molecule has 1 saturated heterocycles. The molecule has 2 aromatic rings. The Morgan fingerprint density at radius 2 is 1.64 bits per heavy atom. The average molecular weight is 617 g/mol. The van der Waals surface area contributed by atoms with Gasteiger partial charge >= 0.3 is 5.97 Å². The molecule has 0 aliphatic carbocycles. The Hall–Kier alpha value is -3.55. The molecule has 0 bridgehead atoms. The molecule has 1 aliphatic heterocycles. The monoisotopic (exact) mass is 616 g/mol. The van der Waals surface area contributed by atoms with E-state index in [-0.39, 0.29) is 42.2 Å². The number of carbonyl (C=O) groups is 4. The molecule has 226 valence electrons. The van der Waals surface area contributed by atoms with Crippen LogP contribution in [0, 0.1) is 0 Å². The van der Waals surface area contributed by atoms with E-state index in [1.807, 2.05) is 0 Å². The third-order valence-electron chi connectivity index (χ3n) is 6.71.